The second kappa shape index (κ2) is 8.70. The largest absolute Gasteiger partial charge is 0.477 e. The van der Waals surface area contributed by atoms with Crippen LogP contribution in [-0.2, 0) is 4.74 Å². The summed E-state index contributed by atoms with van der Waals surface area (Å²) < 4.78 is 11.2. The molecule has 0 radical (unpaired) electrons. The van der Waals surface area contributed by atoms with E-state index in [1.165, 1.54) is 0 Å². The highest BCUT2D eigenvalue weighted by Gasteiger charge is 2.30. The van der Waals surface area contributed by atoms with Crippen LogP contribution in [-0.4, -0.2) is 40.8 Å². The third-order valence-electron chi connectivity index (χ3n) is 4.07. The van der Waals surface area contributed by atoms with Crippen molar-refractivity contribution in [2.45, 2.75) is 64.5 Å². The second-order valence-corrected chi connectivity index (χ2v) is 7.28. The fourth-order valence-electron chi connectivity index (χ4n) is 2.94. The summed E-state index contributed by atoms with van der Waals surface area (Å²) in [4.78, 5) is 18.3. The normalized spacial score (nSPS) is 17.7. The fraction of sp³-hybridized carbons (Fsp3) is 0.632. The number of amides is 1. The van der Waals surface area contributed by atoms with Crippen molar-refractivity contribution in [2.75, 3.05) is 13.2 Å². The molecule has 6 nitrogen and oxygen atoms in total. The van der Waals surface area contributed by atoms with E-state index in [1.54, 1.807) is 18.3 Å². The maximum Gasteiger partial charge on any atom is 0.410 e. The van der Waals surface area contributed by atoms with Crippen molar-refractivity contribution in [3.63, 3.8) is 0 Å². The first-order valence-corrected chi connectivity index (χ1v) is 8.88. The van der Waals surface area contributed by atoms with Crippen molar-refractivity contribution in [3.8, 4) is 11.9 Å². The van der Waals surface area contributed by atoms with Gasteiger partial charge in [-0.3, -0.25) is 0 Å². The van der Waals surface area contributed by atoms with E-state index in [4.69, 9.17) is 14.7 Å². The molecule has 0 bridgehead atoms. The van der Waals surface area contributed by atoms with Gasteiger partial charge in [0.15, 0.2) is 0 Å². The molecule has 1 aromatic heterocycles. The molecule has 1 aromatic rings. The number of pyridine rings is 1. The predicted molar refractivity (Wildman–Crippen MR) is 94.3 cm³/mol. The Bertz CT molecular complexity index is 619. The predicted octanol–water partition coefficient (Wildman–Crippen LogP) is 3.90. The Morgan fingerprint density at radius 2 is 2.24 bits per heavy atom. The standard InChI is InChI=1S/C19H27N3O3/c1-19(2,3)25-18(23)22-12-5-4-9-16(22)10-7-13-24-17-15(14-20)8-6-11-21-17/h6,8,11,16H,4-5,7,9-10,12-13H2,1-3H3/t16-/m1/s1. The van der Waals surface area contributed by atoms with Crippen LogP contribution in [0.3, 0.4) is 0 Å². The van der Waals surface area contributed by atoms with E-state index in [0.29, 0.717) is 18.1 Å². The number of hydrogen-bond acceptors (Lipinski definition) is 5. The van der Waals surface area contributed by atoms with E-state index in [1.807, 2.05) is 25.7 Å². The van der Waals surface area contributed by atoms with Gasteiger partial charge in [-0.15, -0.1) is 0 Å². The number of likely N-dealkylation sites (tertiary alicyclic amines) is 1. The molecule has 0 N–H and O–H groups in total. The Morgan fingerprint density at radius 1 is 1.44 bits per heavy atom. The summed E-state index contributed by atoms with van der Waals surface area (Å²) >= 11 is 0. The van der Waals surface area contributed by atoms with Gasteiger partial charge < -0.3 is 14.4 Å². The zero-order valence-electron chi connectivity index (χ0n) is 15.3. The van der Waals surface area contributed by atoms with E-state index >= 15 is 0 Å². The molecule has 2 heterocycles. The fourth-order valence-corrected chi connectivity index (χ4v) is 2.94. The molecule has 0 spiro atoms. The maximum atomic E-state index is 12.4. The Kier molecular flexibility index (Phi) is 6.63. The minimum Gasteiger partial charge on any atom is -0.477 e. The Balaban J connectivity index is 1.83. The van der Waals surface area contributed by atoms with Gasteiger partial charge in [-0.25, -0.2) is 9.78 Å². The van der Waals surface area contributed by atoms with Crippen LogP contribution >= 0.6 is 0 Å². The van der Waals surface area contributed by atoms with E-state index in [9.17, 15) is 4.79 Å². The van der Waals surface area contributed by atoms with Gasteiger partial charge in [0.2, 0.25) is 5.88 Å². The molecule has 1 atom stereocenters. The average molecular weight is 345 g/mol. The molecule has 1 saturated heterocycles. The van der Waals surface area contributed by atoms with E-state index in [2.05, 4.69) is 11.1 Å². The molecule has 136 valence electrons. The van der Waals surface area contributed by atoms with Gasteiger partial charge in [0, 0.05) is 18.8 Å². The molecule has 0 aliphatic carbocycles. The monoisotopic (exact) mass is 345 g/mol. The topological polar surface area (TPSA) is 75.4 Å². The number of carbonyl (C=O) groups is 1. The minimum atomic E-state index is -0.477. The van der Waals surface area contributed by atoms with Crippen molar-refractivity contribution in [1.82, 2.24) is 9.88 Å². The molecule has 6 heteroatoms. The number of nitrogens with zero attached hydrogens (tertiary/aromatic N) is 3. The number of ether oxygens (including phenoxy) is 2. The van der Waals surface area contributed by atoms with Gasteiger partial charge in [-0.05, 0) is 65.0 Å². The van der Waals surface area contributed by atoms with Crippen molar-refractivity contribution >= 4 is 6.09 Å². The molecule has 2 rings (SSSR count). The molecular weight excluding hydrogens is 318 g/mol. The molecule has 1 aliphatic rings. The molecule has 1 fully saturated rings. The van der Waals surface area contributed by atoms with Gasteiger partial charge in [0.1, 0.15) is 17.2 Å². The van der Waals surface area contributed by atoms with Crippen LogP contribution < -0.4 is 4.74 Å². The summed E-state index contributed by atoms with van der Waals surface area (Å²) in [5.41, 5.74) is -0.0370. The van der Waals surface area contributed by atoms with Crippen LogP contribution in [0.2, 0.25) is 0 Å². The van der Waals surface area contributed by atoms with E-state index < -0.39 is 5.60 Å². The molecule has 25 heavy (non-hydrogen) atoms. The number of hydrogen-bond donors (Lipinski definition) is 0. The lowest BCUT2D eigenvalue weighted by Crippen LogP contribution is -2.46. The van der Waals surface area contributed by atoms with Crippen LogP contribution in [0.25, 0.3) is 0 Å². The van der Waals surface area contributed by atoms with Crippen LogP contribution in [0.15, 0.2) is 18.3 Å². The molecule has 1 amide bonds. The lowest BCUT2D eigenvalue weighted by Gasteiger charge is -2.36. The van der Waals surface area contributed by atoms with Crippen LogP contribution in [0, 0.1) is 11.3 Å². The number of nitriles is 1. The van der Waals surface area contributed by atoms with Crippen LogP contribution in [0.1, 0.15) is 58.4 Å². The highest BCUT2D eigenvalue weighted by Crippen LogP contribution is 2.23. The molecule has 0 unspecified atom stereocenters. The third kappa shape index (κ3) is 5.93. The van der Waals surface area contributed by atoms with Crippen LogP contribution in [0.5, 0.6) is 5.88 Å². The van der Waals surface area contributed by atoms with Crippen molar-refractivity contribution in [2.24, 2.45) is 0 Å². The molecule has 1 aliphatic heterocycles. The number of carbonyl (C=O) groups excluding carboxylic acids is 1. The van der Waals surface area contributed by atoms with Gasteiger partial charge in [-0.1, -0.05) is 0 Å². The SMILES string of the molecule is CC(C)(C)OC(=O)N1CCCC[C@@H]1CCCOc1ncccc1C#N. The smallest absolute Gasteiger partial charge is 0.410 e. The molecule has 0 aromatic carbocycles. The highest BCUT2D eigenvalue weighted by atomic mass is 16.6. The van der Waals surface area contributed by atoms with Gasteiger partial charge in [0.05, 0.1) is 6.61 Å². The summed E-state index contributed by atoms with van der Waals surface area (Å²) in [5, 5.41) is 9.04. The summed E-state index contributed by atoms with van der Waals surface area (Å²) in [5.74, 6) is 0.373. The van der Waals surface area contributed by atoms with Gasteiger partial charge >= 0.3 is 6.09 Å². The average Bonchev–Trinajstić information content (AvgIpc) is 2.58. The zero-order valence-corrected chi connectivity index (χ0v) is 15.3. The first kappa shape index (κ1) is 19.0. The third-order valence-corrected chi connectivity index (χ3v) is 4.07. The lowest BCUT2D eigenvalue weighted by atomic mass is 9.98. The van der Waals surface area contributed by atoms with Crippen LogP contribution in [0.4, 0.5) is 4.79 Å². The zero-order chi connectivity index (χ0) is 18.3. The van der Waals surface area contributed by atoms with Gasteiger partial charge in [-0.2, -0.15) is 5.26 Å². The maximum absolute atomic E-state index is 12.4. The number of piperidine rings is 1. The summed E-state index contributed by atoms with van der Waals surface area (Å²) in [6.45, 7) is 6.88. The Morgan fingerprint density at radius 3 is 2.96 bits per heavy atom. The number of aromatic nitrogens is 1. The summed E-state index contributed by atoms with van der Waals surface area (Å²) in [6, 6.07) is 5.66. The second-order valence-electron chi connectivity index (χ2n) is 7.28. The Hall–Kier alpha value is -2.29. The first-order chi connectivity index (χ1) is 11.9. The molecule has 0 saturated carbocycles. The van der Waals surface area contributed by atoms with Gasteiger partial charge in [0.25, 0.3) is 0 Å². The first-order valence-electron chi connectivity index (χ1n) is 8.88. The van der Waals surface area contributed by atoms with E-state index in [-0.39, 0.29) is 12.1 Å². The Labute approximate surface area is 149 Å². The minimum absolute atomic E-state index is 0.186. The number of rotatable bonds is 5. The van der Waals surface area contributed by atoms with Crippen molar-refractivity contribution < 1.29 is 14.3 Å². The van der Waals surface area contributed by atoms with Crippen molar-refractivity contribution in [1.29, 1.82) is 5.26 Å². The quantitative estimate of drug-likeness (QED) is 0.757. The highest BCUT2D eigenvalue weighted by molar-refractivity contribution is 5.68. The van der Waals surface area contributed by atoms with Crippen molar-refractivity contribution in [3.05, 3.63) is 23.9 Å². The molecular formula is C19H27N3O3. The summed E-state index contributed by atoms with van der Waals surface area (Å²) in [6.07, 6.45) is 6.18. The lowest BCUT2D eigenvalue weighted by molar-refractivity contribution is 0.00822. The van der Waals surface area contributed by atoms with E-state index in [0.717, 1.165) is 38.6 Å². The summed E-state index contributed by atoms with van der Waals surface area (Å²) in [7, 11) is 0.